The number of hydrogen-bond acceptors (Lipinski definition) is 6. The highest BCUT2D eigenvalue weighted by molar-refractivity contribution is 5.59. The number of hydrogen-bond donors (Lipinski definition) is 1. The number of nitrogens with zero attached hydrogens (tertiary/aromatic N) is 2. The molecule has 1 N–H and O–H groups in total. The van der Waals surface area contributed by atoms with Gasteiger partial charge in [-0.2, -0.15) is 0 Å². The summed E-state index contributed by atoms with van der Waals surface area (Å²) in [6, 6.07) is 6.74. The van der Waals surface area contributed by atoms with Gasteiger partial charge in [0, 0.05) is 6.42 Å². The average molecular weight is 316 g/mol. The van der Waals surface area contributed by atoms with Crippen molar-refractivity contribution in [2.24, 2.45) is 0 Å². The van der Waals surface area contributed by atoms with Crippen LogP contribution in [-0.2, 0) is 22.5 Å². The summed E-state index contributed by atoms with van der Waals surface area (Å²) in [4.78, 5) is 20.3. The Labute approximate surface area is 135 Å². The van der Waals surface area contributed by atoms with Gasteiger partial charge in [-0.3, -0.25) is 9.97 Å². The molecule has 0 atom stereocenters. The number of phenolic OH excluding ortho intramolecular Hbond substituents is 1. The lowest BCUT2D eigenvalue weighted by atomic mass is 10.1. The first-order valence-corrected chi connectivity index (χ1v) is 7.34. The first kappa shape index (κ1) is 16.7. The molecule has 1 aromatic carbocycles. The molecule has 0 unspecified atom stereocenters. The third-order valence-electron chi connectivity index (χ3n) is 3.45. The Hall–Kier alpha value is -2.63. The summed E-state index contributed by atoms with van der Waals surface area (Å²) in [6.07, 6.45) is -0.180. The third-order valence-corrected chi connectivity index (χ3v) is 3.45. The molecule has 2 aromatic rings. The van der Waals surface area contributed by atoms with Crippen LogP contribution in [0, 0.1) is 20.8 Å². The Bertz CT molecular complexity index is 684. The molecule has 6 nitrogen and oxygen atoms in total. The van der Waals surface area contributed by atoms with E-state index in [1.165, 1.54) is 0 Å². The number of aromatic hydroxyl groups is 1. The molecular formula is C17H20N2O4. The molecule has 1 heterocycles. The van der Waals surface area contributed by atoms with Crippen LogP contribution in [0.15, 0.2) is 24.3 Å². The SMILES string of the molecule is Cc1nc(C)c(COC(=O)OCCc2ccc(O)cc2)nc1C. The van der Waals surface area contributed by atoms with Crippen LogP contribution in [0.5, 0.6) is 5.75 Å². The van der Waals surface area contributed by atoms with Crippen LogP contribution in [0.25, 0.3) is 0 Å². The molecule has 0 radical (unpaired) electrons. The fourth-order valence-electron chi connectivity index (χ4n) is 1.98. The lowest BCUT2D eigenvalue weighted by Crippen LogP contribution is -2.12. The van der Waals surface area contributed by atoms with E-state index in [0.29, 0.717) is 12.1 Å². The minimum absolute atomic E-state index is 0.0397. The van der Waals surface area contributed by atoms with Gasteiger partial charge in [-0.15, -0.1) is 0 Å². The molecule has 0 amide bonds. The van der Waals surface area contributed by atoms with Crippen molar-refractivity contribution in [1.29, 1.82) is 0 Å². The maximum absolute atomic E-state index is 11.6. The number of aromatic nitrogens is 2. The molecule has 6 heteroatoms. The highest BCUT2D eigenvalue weighted by Crippen LogP contribution is 2.11. The molecule has 23 heavy (non-hydrogen) atoms. The summed E-state index contributed by atoms with van der Waals surface area (Å²) in [6.45, 7) is 5.83. The second-order valence-corrected chi connectivity index (χ2v) is 5.23. The van der Waals surface area contributed by atoms with E-state index in [1.54, 1.807) is 24.3 Å². The molecule has 0 spiro atoms. The molecule has 0 saturated carbocycles. The van der Waals surface area contributed by atoms with Gasteiger partial charge in [0.2, 0.25) is 0 Å². The first-order chi connectivity index (χ1) is 11.0. The van der Waals surface area contributed by atoms with Crippen molar-refractivity contribution in [1.82, 2.24) is 9.97 Å². The summed E-state index contributed by atoms with van der Waals surface area (Å²) in [5.41, 5.74) is 4.01. The molecule has 0 fully saturated rings. The second-order valence-electron chi connectivity index (χ2n) is 5.23. The van der Waals surface area contributed by atoms with E-state index in [1.807, 2.05) is 20.8 Å². The predicted molar refractivity (Wildman–Crippen MR) is 84.2 cm³/mol. The molecule has 0 saturated heterocycles. The average Bonchev–Trinajstić information content (AvgIpc) is 2.51. The summed E-state index contributed by atoms with van der Waals surface area (Å²) in [7, 11) is 0. The zero-order valence-electron chi connectivity index (χ0n) is 13.5. The van der Waals surface area contributed by atoms with E-state index in [9.17, 15) is 9.90 Å². The van der Waals surface area contributed by atoms with Crippen LogP contribution in [-0.4, -0.2) is 27.8 Å². The van der Waals surface area contributed by atoms with Crippen molar-refractivity contribution in [2.75, 3.05) is 6.61 Å². The van der Waals surface area contributed by atoms with Crippen molar-refractivity contribution in [3.05, 3.63) is 52.6 Å². The standard InChI is InChI=1S/C17H20N2O4/c1-11-12(2)19-16(13(3)18-11)10-23-17(21)22-9-8-14-4-6-15(20)7-5-14/h4-7,20H,8-10H2,1-3H3. The van der Waals surface area contributed by atoms with Gasteiger partial charge in [0.1, 0.15) is 12.4 Å². The van der Waals surface area contributed by atoms with E-state index >= 15 is 0 Å². The molecule has 0 bridgehead atoms. The molecule has 2 rings (SSSR count). The fraction of sp³-hybridized carbons (Fsp3) is 0.353. The molecular weight excluding hydrogens is 296 g/mol. The lowest BCUT2D eigenvalue weighted by molar-refractivity contribution is 0.0496. The van der Waals surface area contributed by atoms with Crippen LogP contribution < -0.4 is 0 Å². The van der Waals surface area contributed by atoms with Crippen molar-refractivity contribution < 1.29 is 19.4 Å². The van der Waals surface area contributed by atoms with Gasteiger partial charge in [0.05, 0.1) is 29.4 Å². The van der Waals surface area contributed by atoms with Gasteiger partial charge in [-0.1, -0.05) is 12.1 Å². The van der Waals surface area contributed by atoms with Crippen LogP contribution in [0.2, 0.25) is 0 Å². The van der Waals surface area contributed by atoms with Crippen LogP contribution in [0.4, 0.5) is 4.79 Å². The third kappa shape index (κ3) is 4.95. The first-order valence-electron chi connectivity index (χ1n) is 7.34. The summed E-state index contributed by atoms with van der Waals surface area (Å²) in [5.74, 6) is 0.207. The summed E-state index contributed by atoms with van der Waals surface area (Å²) < 4.78 is 10.1. The van der Waals surface area contributed by atoms with Crippen LogP contribution in [0.1, 0.15) is 28.3 Å². The van der Waals surface area contributed by atoms with Gasteiger partial charge >= 0.3 is 6.16 Å². The second kappa shape index (κ2) is 7.58. The summed E-state index contributed by atoms with van der Waals surface area (Å²) in [5, 5.41) is 9.19. The lowest BCUT2D eigenvalue weighted by Gasteiger charge is -2.09. The number of ether oxygens (including phenoxy) is 2. The Morgan fingerprint density at radius 3 is 2.35 bits per heavy atom. The fourth-order valence-corrected chi connectivity index (χ4v) is 1.98. The van der Waals surface area contributed by atoms with E-state index in [0.717, 1.165) is 22.6 Å². The zero-order valence-corrected chi connectivity index (χ0v) is 13.5. The number of carbonyl (C=O) groups excluding carboxylic acids is 1. The van der Waals surface area contributed by atoms with Gasteiger partial charge < -0.3 is 14.6 Å². The van der Waals surface area contributed by atoms with Crippen LogP contribution in [0.3, 0.4) is 0 Å². The Morgan fingerprint density at radius 2 is 1.65 bits per heavy atom. The molecule has 1 aromatic heterocycles. The smallest absolute Gasteiger partial charge is 0.508 e. The summed E-state index contributed by atoms with van der Waals surface area (Å²) >= 11 is 0. The van der Waals surface area contributed by atoms with Crippen molar-refractivity contribution in [3.8, 4) is 5.75 Å². The molecule has 122 valence electrons. The molecule has 0 aliphatic carbocycles. The van der Waals surface area contributed by atoms with E-state index in [4.69, 9.17) is 9.47 Å². The molecule has 0 aliphatic heterocycles. The largest absolute Gasteiger partial charge is 0.508 e. The van der Waals surface area contributed by atoms with Crippen molar-refractivity contribution >= 4 is 6.16 Å². The van der Waals surface area contributed by atoms with Crippen LogP contribution >= 0.6 is 0 Å². The maximum atomic E-state index is 11.6. The molecule has 0 aliphatic rings. The van der Waals surface area contributed by atoms with E-state index in [-0.39, 0.29) is 19.0 Å². The number of phenols is 1. The number of aryl methyl sites for hydroxylation is 3. The highest BCUT2D eigenvalue weighted by atomic mass is 16.7. The highest BCUT2D eigenvalue weighted by Gasteiger charge is 2.10. The Morgan fingerprint density at radius 1 is 1.00 bits per heavy atom. The van der Waals surface area contributed by atoms with Gasteiger partial charge in [0.25, 0.3) is 0 Å². The normalized spacial score (nSPS) is 10.4. The quantitative estimate of drug-likeness (QED) is 0.854. The Balaban J connectivity index is 1.77. The van der Waals surface area contributed by atoms with E-state index < -0.39 is 6.16 Å². The van der Waals surface area contributed by atoms with E-state index in [2.05, 4.69) is 9.97 Å². The number of carbonyl (C=O) groups is 1. The monoisotopic (exact) mass is 316 g/mol. The number of rotatable bonds is 5. The van der Waals surface area contributed by atoms with Crippen molar-refractivity contribution in [2.45, 2.75) is 33.8 Å². The predicted octanol–water partition coefficient (Wildman–Crippen LogP) is 3.00. The topological polar surface area (TPSA) is 81.5 Å². The van der Waals surface area contributed by atoms with Gasteiger partial charge in [-0.25, -0.2) is 4.79 Å². The van der Waals surface area contributed by atoms with Gasteiger partial charge in [0.15, 0.2) is 0 Å². The van der Waals surface area contributed by atoms with Crippen molar-refractivity contribution in [3.63, 3.8) is 0 Å². The maximum Gasteiger partial charge on any atom is 0.508 e. The van der Waals surface area contributed by atoms with Gasteiger partial charge in [-0.05, 0) is 38.5 Å². The minimum atomic E-state index is -0.733. The number of benzene rings is 1. The Kier molecular flexibility index (Phi) is 5.51. The zero-order chi connectivity index (χ0) is 16.8. The minimum Gasteiger partial charge on any atom is -0.508 e.